The topological polar surface area (TPSA) is 77.8 Å². The van der Waals surface area contributed by atoms with E-state index < -0.39 is 19.9 Å². The van der Waals surface area contributed by atoms with Crippen molar-refractivity contribution in [1.29, 1.82) is 0 Å². The monoisotopic (exact) mass is 220 g/mol. The van der Waals surface area contributed by atoms with E-state index in [4.69, 9.17) is 14.9 Å². The van der Waals surface area contributed by atoms with Gasteiger partial charge >= 0.3 is 7.60 Å². The Morgan fingerprint density at radius 3 is 2.57 bits per heavy atom. The van der Waals surface area contributed by atoms with Crippen LogP contribution in [0, 0.1) is 0 Å². The largest absolute Gasteiger partial charge is 0.508 e. The number of rotatable bonds is 3. The molecule has 78 valence electrons. The first-order valence-electron chi connectivity index (χ1n) is 3.87. The molecule has 0 spiro atoms. The van der Waals surface area contributed by atoms with Crippen LogP contribution in [0.2, 0.25) is 0 Å². The molecule has 1 unspecified atom stereocenters. The zero-order chi connectivity index (χ0) is 10.8. The van der Waals surface area contributed by atoms with Gasteiger partial charge in [0.25, 0.3) is 0 Å². The first-order valence-corrected chi connectivity index (χ1v) is 5.55. The summed E-state index contributed by atoms with van der Waals surface area (Å²) in [6.07, 6.45) is -0.404. The predicted octanol–water partition coefficient (Wildman–Crippen LogP) is 1.41. The van der Waals surface area contributed by atoms with Gasteiger partial charge in [0.15, 0.2) is 0 Å². The highest BCUT2D eigenvalue weighted by Gasteiger charge is 2.28. The molecular formula is C8H10FO4P. The van der Waals surface area contributed by atoms with E-state index in [-0.39, 0.29) is 5.75 Å². The fraction of sp³-hybridized carbons (Fsp3) is 0.250. The molecule has 14 heavy (non-hydrogen) atoms. The number of hydrogen-bond acceptors (Lipinski definition) is 2. The average molecular weight is 220 g/mol. The van der Waals surface area contributed by atoms with Crippen molar-refractivity contribution in [2.45, 2.75) is 12.3 Å². The Kier molecular flexibility index (Phi) is 3.26. The van der Waals surface area contributed by atoms with Crippen LogP contribution in [0.3, 0.4) is 0 Å². The van der Waals surface area contributed by atoms with E-state index >= 15 is 0 Å². The molecule has 1 aromatic rings. The standard InChI is InChI=1S/C8H10FO4P/c9-8(14(11,12)13)5-6-2-1-3-7(10)4-6/h1-4,8,10H,5H2,(H2,11,12,13). The lowest BCUT2D eigenvalue weighted by molar-refractivity contribution is 0.298. The summed E-state index contributed by atoms with van der Waals surface area (Å²) in [4.78, 5) is 17.0. The van der Waals surface area contributed by atoms with E-state index in [0.29, 0.717) is 5.56 Å². The van der Waals surface area contributed by atoms with Gasteiger partial charge in [-0.1, -0.05) is 12.1 Å². The van der Waals surface area contributed by atoms with Crippen molar-refractivity contribution in [1.82, 2.24) is 0 Å². The molecule has 0 bridgehead atoms. The highest BCUT2D eigenvalue weighted by atomic mass is 31.2. The van der Waals surface area contributed by atoms with Gasteiger partial charge in [-0.2, -0.15) is 0 Å². The Hall–Kier alpha value is -0.900. The van der Waals surface area contributed by atoms with E-state index in [1.807, 2.05) is 0 Å². The second-order valence-corrected chi connectivity index (χ2v) is 4.64. The maximum atomic E-state index is 12.9. The maximum Gasteiger partial charge on any atom is 0.359 e. The molecule has 0 heterocycles. The minimum Gasteiger partial charge on any atom is -0.508 e. The number of hydrogen-bond donors (Lipinski definition) is 3. The molecule has 0 saturated carbocycles. The Bertz CT molecular complexity index is 362. The Morgan fingerprint density at radius 2 is 2.07 bits per heavy atom. The van der Waals surface area contributed by atoms with Gasteiger partial charge in [0.2, 0.25) is 5.91 Å². The van der Waals surface area contributed by atoms with E-state index in [2.05, 4.69) is 0 Å². The Balaban J connectivity index is 2.75. The Morgan fingerprint density at radius 1 is 1.43 bits per heavy atom. The van der Waals surface area contributed by atoms with Gasteiger partial charge in [0, 0.05) is 6.42 Å². The molecule has 0 aromatic heterocycles. The van der Waals surface area contributed by atoms with Gasteiger partial charge in [-0.25, -0.2) is 4.39 Å². The molecule has 0 saturated heterocycles. The zero-order valence-electron chi connectivity index (χ0n) is 7.17. The van der Waals surface area contributed by atoms with E-state index in [9.17, 15) is 8.96 Å². The second kappa shape index (κ2) is 4.09. The fourth-order valence-electron chi connectivity index (χ4n) is 0.997. The first kappa shape index (κ1) is 11.2. The minimum absolute atomic E-state index is 0.0552. The summed E-state index contributed by atoms with van der Waals surface area (Å²) in [5.74, 6) is -2.27. The Labute approximate surface area is 80.2 Å². The van der Waals surface area contributed by atoms with Gasteiger partial charge in [0.05, 0.1) is 0 Å². The summed E-state index contributed by atoms with van der Waals surface area (Å²) >= 11 is 0. The molecule has 1 atom stereocenters. The van der Waals surface area contributed by atoms with Crippen LogP contribution in [0.5, 0.6) is 5.75 Å². The molecule has 0 aliphatic carbocycles. The van der Waals surface area contributed by atoms with Crippen LogP contribution in [0.25, 0.3) is 0 Å². The van der Waals surface area contributed by atoms with Gasteiger partial charge in [-0.15, -0.1) is 0 Å². The van der Waals surface area contributed by atoms with Crippen LogP contribution in [0.4, 0.5) is 4.39 Å². The van der Waals surface area contributed by atoms with Crippen molar-refractivity contribution in [3.63, 3.8) is 0 Å². The molecule has 0 aliphatic heterocycles. The number of alkyl halides is 1. The second-order valence-electron chi connectivity index (χ2n) is 2.90. The summed E-state index contributed by atoms with van der Waals surface area (Å²) in [5, 5.41) is 9.01. The molecule has 0 aliphatic rings. The van der Waals surface area contributed by atoms with E-state index in [1.54, 1.807) is 0 Å². The van der Waals surface area contributed by atoms with Crippen molar-refractivity contribution < 1.29 is 23.8 Å². The average Bonchev–Trinajstić information content (AvgIpc) is 2.02. The van der Waals surface area contributed by atoms with Crippen LogP contribution in [0.15, 0.2) is 24.3 Å². The number of phenolic OH excluding ortho intramolecular Hbond substituents is 1. The number of phenols is 1. The number of aromatic hydroxyl groups is 1. The van der Waals surface area contributed by atoms with Crippen molar-refractivity contribution in [2.24, 2.45) is 0 Å². The molecule has 4 nitrogen and oxygen atoms in total. The van der Waals surface area contributed by atoms with Crippen LogP contribution in [-0.4, -0.2) is 20.8 Å². The van der Waals surface area contributed by atoms with Crippen LogP contribution >= 0.6 is 7.60 Å². The highest BCUT2D eigenvalue weighted by molar-refractivity contribution is 7.52. The lowest BCUT2D eigenvalue weighted by Gasteiger charge is -2.09. The summed E-state index contributed by atoms with van der Waals surface area (Å²) in [6.45, 7) is 0. The molecule has 1 rings (SSSR count). The zero-order valence-corrected chi connectivity index (χ0v) is 8.06. The van der Waals surface area contributed by atoms with Gasteiger partial charge in [-0.3, -0.25) is 4.57 Å². The quantitative estimate of drug-likeness (QED) is 0.673. The molecule has 1 aromatic carbocycles. The highest BCUT2D eigenvalue weighted by Crippen LogP contribution is 2.43. The van der Waals surface area contributed by atoms with Crippen molar-refractivity contribution in [3.8, 4) is 5.75 Å². The number of benzene rings is 1. The SMILES string of the molecule is O=P(O)(O)C(F)Cc1cccc(O)c1. The molecule has 6 heteroatoms. The minimum atomic E-state index is -4.69. The van der Waals surface area contributed by atoms with Crippen molar-refractivity contribution >= 4 is 7.60 Å². The van der Waals surface area contributed by atoms with E-state index in [1.165, 1.54) is 24.3 Å². The van der Waals surface area contributed by atoms with Gasteiger partial charge in [0.1, 0.15) is 5.75 Å². The predicted molar refractivity (Wildman–Crippen MR) is 48.8 cm³/mol. The smallest absolute Gasteiger partial charge is 0.359 e. The summed E-state index contributed by atoms with van der Waals surface area (Å²) in [6, 6.07) is 5.63. The van der Waals surface area contributed by atoms with Crippen LogP contribution in [-0.2, 0) is 11.0 Å². The first-order chi connectivity index (χ1) is 6.39. The van der Waals surface area contributed by atoms with Gasteiger partial charge in [-0.05, 0) is 17.7 Å². The van der Waals surface area contributed by atoms with E-state index in [0.717, 1.165) is 0 Å². The lowest BCUT2D eigenvalue weighted by Crippen LogP contribution is -2.05. The van der Waals surface area contributed by atoms with Gasteiger partial charge < -0.3 is 14.9 Å². The third kappa shape index (κ3) is 3.10. The summed E-state index contributed by atoms with van der Waals surface area (Å²) in [5.41, 5.74) is 0.348. The van der Waals surface area contributed by atoms with Crippen molar-refractivity contribution in [3.05, 3.63) is 29.8 Å². The van der Waals surface area contributed by atoms with Crippen LogP contribution < -0.4 is 0 Å². The number of halogens is 1. The fourth-order valence-corrected chi connectivity index (χ4v) is 1.45. The molecule has 3 N–H and O–H groups in total. The third-order valence-corrected chi connectivity index (χ3v) is 2.59. The molecule has 0 fully saturated rings. The van der Waals surface area contributed by atoms with Crippen LogP contribution in [0.1, 0.15) is 5.56 Å². The molecular weight excluding hydrogens is 210 g/mol. The summed E-state index contributed by atoms with van der Waals surface area (Å²) in [7, 11) is -4.69. The summed E-state index contributed by atoms with van der Waals surface area (Å²) < 4.78 is 23.4. The molecule has 0 amide bonds. The molecule has 0 radical (unpaired) electrons. The lowest BCUT2D eigenvalue weighted by atomic mass is 10.1. The third-order valence-electron chi connectivity index (χ3n) is 1.68. The normalized spacial score (nSPS) is 13.9. The van der Waals surface area contributed by atoms with Crippen molar-refractivity contribution in [2.75, 3.05) is 0 Å². The maximum absolute atomic E-state index is 12.9.